The molecule has 17 heavy (non-hydrogen) atoms. The Kier molecular flexibility index (Phi) is 3.91. The molecule has 0 spiro atoms. The van der Waals surface area contributed by atoms with Crippen molar-refractivity contribution in [3.63, 3.8) is 0 Å². The highest BCUT2D eigenvalue weighted by Gasteiger charge is 2.28. The van der Waals surface area contributed by atoms with Gasteiger partial charge in [0.15, 0.2) is 0 Å². The molecule has 0 aromatic heterocycles. The van der Waals surface area contributed by atoms with Gasteiger partial charge in [-0.05, 0) is 18.9 Å². The van der Waals surface area contributed by atoms with E-state index in [0.717, 1.165) is 25.1 Å². The van der Waals surface area contributed by atoms with Gasteiger partial charge >= 0.3 is 5.97 Å². The van der Waals surface area contributed by atoms with Gasteiger partial charge in [-0.15, -0.1) is 0 Å². The predicted octanol–water partition coefficient (Wildman–Crippen LogP) is 2.25. The van der Waals surface area contributed by atoms with Crippen LogP contribution in [0.15, 0.2) is 35.3 Å². The van der Waals surface area contributed by atoms with E-state index in [2.05, 4.69) is 17.1 Å². The number of rotatable bonds is 4. The Morgan fingerprint density at radius 1 is 1.41 bits per heavy atom. The van der Waals surface area contributed by atoms with E-state index in [1.807, 2.05) is 25.1 Å². The van der Waals surface area contributed by atoms with Crippen LogP contribution in [0.5, 0.6) is 0 Å². The van der Waals surface area contributed by atoms with Crippen LogP contribution in [-0.4, -0.2) is 24.8 Å². The molecule has 0 bridgehead atoms. The van der Waals surface area contributed by atoms with Crippen molar-refractivity contribution in [1.29, 1.82) is 0 Å². The molecule has 0 amide bonds. The molecule has 0 N–H and O–H groups in total. The molecular weight excluding hydrogens is 214 g/mol. The SMILES string of the molecule is CC(=NCCc1ccccc1)[C@@H]1CCOC1=O. The lowest BCUT2D eigenvalue weighted by Crippen LogP contribution is -2.17. The first kappa shape index (κ1) is 11.8. The molecule has 90 valence electrons. The molecule has 0 radical (unpaired) electrons. The van der Waals surface area contributed by atoms with Crippen LogP contribution in [0.25, 0.3) is 0 Å². The molecule has 1 aliphatic rings. The molecule has 0 aliphatic carbocycles. The highest BCUT2D eigenvalue weighted by Crippen LogP contribution is 2.16. The minimum Gasteiger partial charge on any atom is -0.465 e. The van der Waals surface area contributed by atoms with E-state index < -0.39 is 0 Å². The minimum absolute atomic E-state index is 0.106. The molecule has 3 heteroatoms. The molecule has 1 aromatic rings. The standard InChI is InChI=1S/C14H17NO2/c1-11(13-8-10-17-14(13)16)15-9-7-12-5-3-2-4-6-12/h2-6,13H,7-10H2,1H3/t13-/m0/s1. The van der Waals surface area contributed by atoms with Crippen LogP contribution in [0.4, 0.5) is 0 Å². The first-order chi connectivity index (χ1) is 8.27. The fraction of sp³-hybridized carbons (Fsp3) is 0.429. The van der Waals surface area contributed by atoms with Crippen molar-refractivity contribution in [2.75, 3.05) is 13.2 Å². The summed E-state index contributed by atoms with van der Waals surface area (Å²) in [7, 11) is 0. The average Bonchev–Trinajstić information content (AvgIpc) is 2.77. The Morgan fingerprint density at radius 3 is 2.82 bits per heavy atom. The van der Waals surface area contributed by atoms with Crippen molar-refractivity contribution in [3.05, 3.63) is 35.9 Å². The molecule has 0 unspecified atom stereocenters. The topological polar surface area (TPSA) is 38.7 Å². The molecule has 3 nitrogen and oxygen atoms in total. The summed E-state index contributed by atoms with van der Waals surface area (Å²) in [6, 6.07) is 10.2. The normalized spacial score (nSPS) is 20.4. The quantitative estimate of drug-likeness (QED) is 0.589. The van der Waals surface area contributed by atoms with Gasteiger partial charge in [0.2, 0.25) is 0 Å². The van der Waals surface area contributed by atoms with Gasteiger partial charge in [0.1, 0.15) is 0 Å². The van der Waals surface area contributed by atoms with Crippen LogP contribution in [0, 0.1) is 5.92 Å². The summed E-state index contributed by atoms with van der Waals surface area (Å²) < 4.78 is 4.93. The summed E-state index contributed by atoms with van der Waals surface area (Å²) >= 11 is 0. The summed E-state index contributed by atoms with van der Waals surface area (Å²) in [5.74, 6) is -0.225. The number of ether oxygens (including phenoxy) is 1. The summed E-state index contributed by atoms with van der Waals surface area (Å²) in [4.78, 5) is 15.8. The zero-order valence-electron chi connectivity index (χ0n) is 10.1. The summed E-state index contributed by atoms with van der Waals surface area (Å²) in [6.07, 6.45) is 1.69. The van der Waals surface area contributed by atoms with Gasteiger partial charge in [-0.3, -0.25) is 9.79 Å². The monoisotopic (exact) mass is 231 g/mol. The average molecular weight is 231 g/mol. The summed E-state index contributed by atoms with van der Waals surface area (Å²) in [5, 5.41) is 0. The summed E-state index contributed by atoms with van der Waals surface area (Å²) in [5.41, 5.74) is 2.18. The number of hydrogen-bond donors (Lipinski definition) is 0. The van der Waals surface area contributed by atoms with Crippen LogP contribution in [0.3, 0.4) is 0 Å². The Labute approximate surface area is 102 Å². The van der Waals surface area contributed by atoms with Crippen LogP contribution in [0.1, 0.15) is 18.9 Å². The molecule has 0 saturated carbocycles. The lowest BCUT2D eigenvalue weighted by molar-refractivity contribution is -0.139. The smallest absolute Gasteiger partial charge is 0.314 e. The number of hydrogen-bond acceptors (Lipinski definition) is 3. The number of carbonyl (C=O) groups excluding carboxylic acids is 1. The second kappa shape index (κ2) is 5.62. The fourth-order valence-corrected chi connectivity index (χ4v) is 1.99. The Morgan fingerprint density at radius 2 is 2.18 bits per heavy atom. The minimum atomic E-state index is -0.119. The van der Waals surface area contributed by atoms with Crippen molar-refractivity contribution in [2.45, 2.75) is 19.8 Å². The highest BCUT2D eigenvalue weighted by molar-refractivity contribution is 6.01. The van der Waals surface area contributed by atoms with Crippen LogP contribution in [-0.2, 0) is 16.0 Å². The first-order valence-electron chi connectivity index (χ1n) is 5.99. The largest absolute Gasteiger partial charge is 0.465 e. The van der Waals surface area contributed by atoms with Crippen LogP contribution in [0.2, 0.25) is 0 Å². The fourth-order valence-electron chi connectivity index (χ4n) is 1.99. The maximum Gasteiger partial charge on any atom is 0.314 e. The number of cyclic esters (lactones) is 1. The zero-order chi connectivity index (χ0) is 12.1. The first-order valence-corrected chi connectivity index (χ1v) is 5.99. The van der Waals surface area contributed by atoms with E-state index in [4.69, 9.17) is 4.74 Å². The van der Waals surface area contributed by atoms with E-state index in [0.29, 0.717) is 6.61 Å². The number of nitrogens with zero attached hydrogens (tertiary/aromatic N) is 1. The predicted molar refractivity (Wildman–Crippen MR) is 67.2 cm³/mol. The van der Waals surface area contributed by atoms with E-state index in [1.165, 1.54) is 5.56 Å². The number of carbonyl (C=O) groups is 1. The molecular formula is C14H17NO2. The van der Waals surface area contributed by atoms with Crippen molar-refractivity contribution in [1.82, 2.24) is 0 Å². The second-order valence-electron chi connectivity index (χ2n) is 4.27. The lowest BCUT2D eigenvalue weighted by Gasteiger charge is -2.05. The maximum absolute atomic E-state index is 11.3. The van der Waals surface area contributed by atoms with Gasteiger partial charge in [-0.1, -0.05) is 30.3 Å². The van der Waals surface area contributed by atoms with E-state index in [1.54, 1.807) is 0 Å². The molecule has 1 atom stereocenters. The van der Waals surface area contributed by atoms with Crippen molar-refractivity contribution < 1.29 is 9.53 Å². The highest BCUT2D eigenvalue weighted by atomic mass is 16.5. The van der Waals surface area contributed by atoms with Gasteiger partial charge < -0.3 is 4.74 Å². The van der Waals surface area contributed by atoms with Crippen molar-refractivity contribution >= 4 is 11.7 Å². The molecule has 1 aromatic carbocycles. The maximum atomic E-state index is 11.3. The number of esters is 1. The third-order valence-corrected chi connectivity index (χ3v) is 3.04. The van der Waals surface area contributed by atoms with Gasteiger partial charge in [0.25, 0.3) is 0 Å². The van der Waals surface area contributed by atoms with Crippen LogP contribution < -0.4 is 0 Å². The Hall–Kier alpha value is -1.64. The van der Waals surface area contributed by atoms with Crippen molar-refractivity contribution in [3.8, 4) is 0 Å². The third kappa shape index (κ3) is 3.16. The van der Waals surface area contributed by atoms with Crippen molar-refractivity contribution in [2.24, 2.45) is 10.9 Å². The molecule has 1 saturated heterocycles. The Bertz CT molecular complexity index is 411. The zero-order valence-corrected chi connectivity index (χ0v) is 10.1. The number of benzene rings is 1. The van der Waals surface area contributed by atoms with Gasteiger partial charge in [0, 0.05) is 18.7 Å². The lowest BCUT2D eigenvalue weighted by atomic mass is 10.0. The summed E-state index contributed by atoms with van der Waals surface area (Å²) in [6.45, 7) is 3.19. The van der Waals surface area contributed by atoms with E-state index in [-0.39, 0.29) is 11.9 Å². The van der Waals surface area contributed by atoms with E-state index in [9.17, 15) is 4.79 Å². The molecule has 1 aliphatic heterocycles. The Balaban J connectivity index is 1.86. The second-order valence-corrected chi connectivity index (χ2v) is 4.27. The van der Waals surface area contributed by atoms with Gasteiger partial charge in [0.05, 0.1) is 12.5 Å². The molecule has 1 heterocycles. The third-order valence-electron chi connectivity index (χ3n) is 3.04. The van der Waals surface area contributed by atoms with Crippen LogP contribution >= 0.6 is 0 Å². The number of aliphatic imine (C=N–C) groups is 1. The molecule has 2 rings (SSSR count). The van der Waals surface area contributed by atoms with E-state index >= 15 is 0 Å². The van der Waals surface area contributed by atoms with Gasteiger partial charge in [-0.2, -0.15) is 0 Å². The van der Waals surface area contributed by atoms with Gasteiger partial charge in [-0.25, -0.2) is 0 Å². The molecule has 1 fully saturated rings.